The molecule has 5 heteroatoms. The van der Waals surface area contributed by atoms with E-state index in [0.29, 0.717) is 12.2 Å². The van der Waals surface area contributed by atoms with E-state index in [4.69, 9.17) is 5.11 Å². The van der Waals surface area contributed by atoms with E-state index in [1.54, 1.807) is 19.1 Å². The van der Waals surface area contributed by atoms with Gasteiger partial charge in [0, 0.05) is 23.8 Å². The molecule has 0 aromatic heterocycles. The lowest BCUT2D eigenvalue weighted by atomic mass is 10.1. The molecule has 1 aromatic rings. The number of amides is 1. The number of carbonyl (C=O) groups excluding carboxylic acids is 1. The number of hydrogen-bond acceptors (Lipinski definition) is 3. The summed E-state index contributed by atoms with van der Waals surface area (Å²) in [5.74, 6) is -1.42. The fourth-order valence-corrected chi connectivity index (χ4v) is 1.84. The molecular weight excluding hydrogens is 258 g/mol. The molecule has 0 saturated carbocycles. The SMILES string of the molecule is CCN(C(=O)/C(C)=C(/C)C(=O)O)c1cc(O)ccc1C. The second kappa shape index (κ2) is 6.23. The minimum atomic E-state index is -1.11. The molecule has 0 saturated heterocycles. The molecule has 1 aromatic carbocycles. The Morgan fingerprint density at radius 1 is 1.20 bits per heavy atom. The van der Waals surface area contributed by atoms with Crippen molar-refractivity contribution < 1.29 is 19.8 Å². The predicted molar refractivity (Wildman–Crippen MR) is 76.9 cm³/mol. The number of nitrogens with zero attached hydrogens (tertiary/aromatic N) is 1. The van der Waals surface area contributed by atoms with Crippen LogP contribution in [-0.4, -0.2) is 28.6 Å². The first-order valence-electron chi connectivity index (χ1n) is 6.31. The van der Waals surface area contributed by atoms with Crippen molar-refractivity contribution in [2.45, 2.75) is 27.7 Å². The lowest BCUT2D eigenvalue weighted by Gasteiger charge is -2.24. The lowest BCUT2D eigenvalue weighted by Crippen LogP contribution is -2.32. The maximum atomic E-state index is 12.4. The van der Waals surface area contributed by atoms with Crippen LogP contribution in [-0.2, 0) is 9.59 Å². The number of anilines is 1. The average Bonchev–Trinajstić information content (AvgIpc) is 2.41. The zero-order valence-corrected chi connectivity index (χ0v) is 12.1. The first-order chi connectivity index (χ1) is 9.29. The van der Waals surface area contributed by atoms with Crippen molar-refractivity contribution >= 4 is 17.6 Å². The van der Waals surface area contributed by atoms with Gasteiger partial charge in [-0.25, -0.2) is 4.79 Å². The van der Waals surface area contributed by atoms with Gasteiger partial charge in [0.15, 0.2) is 0 Å². The number of aryl methyl sites for hydroxylation is 1. The Morgan fingerprint density at radius 3 is 2.30 bits per heavy atom. The minimum absolute atomic E-state index is 0.0197. The highest BCUT2D eigenvalue weighted by Gasteiger charge is 2.21. The first-order valence-corrected chi connectivity index (χ1v) is 6.31. The van der Waals surface area contributed by atoms with Crippen LogP contribution in [0.1, 0.15) is 26.3 Å². The van der Waals surface area contributed by atoms with Gasteiger partial charge in [-0.3, -0.25) is 4.79 Å². The summed E-state index contributed by atoms with van der Waals surface area (Å²) in [6.07, 6.45) is 0. The Hall–Kier alpha value is -2.30. The molecule has 5 nitrogen and oxygen atoms in total. The molecular formula is C15H19NO4. The number of likely N-dealkylation sites (N-methyl/N-ethyl adjacent to an activating group) is 1. The van der Waals surface area contributed by atoms with Crippen molar-refractivity contribution in [2.75, 3.05) is 11.4 Å². The largest absolute Gasteiger partial charge is 0.508 e. The zero-order chi connectivity index (χ0) is 15.4. The van der Waals surface area contributed by atoms with Crippen LogP contribution in [0.25, 0.3) is 0 Å². The smallest absolute Gasteiger partial charge is 0.331 e. The van der Waals surface area contributed by atoms with Crippen LogP contribution in [0.4, 0.5) is 5.69 Å². The van der Waals surface area contributed by atoms with Gasteiger partial charge in [0.25, 0.3) is 5.91 Å². The minimum Gasteiger partial charge on any atom is -0.508 e. The van der Waals surface area contributed by atoms with Gasteiger partial charge in [-0.2, -0.15) is 0 Å². The molecule has 0 fully saturated rings. The second-order valence-electron chi connectivity index (χ2n) is 4.58. The molecule has 0 aliphatic carbocycles. The number of carbonyl (C=O) groups is 2. The van der Waals surface area contributed by atoms with E-state index in [1.807, 2.05) is 6.92 Å². The highest BCUT2D eigenvalue weighted by molar-refractivity contribution is 6.09. The molecule has 0 radical (unpaired) electrons. The Balaban J connectivity index is 3.27. The number of carboxylic acid groups (broad SMARTS) is 1. The Kier molecular flexibility index (Phi) is 4.91. The molecule has 0 unspecified atom stereocenters. The summed E-state index contributed by atoms with van der Waals surface area (Å²) >= 11 is 0. The normalized spacial score (nSPS) is 11.8. The van der Waals surface area contributed by atoms with Crippen molar-refractivity contribution in [1.82, 2.24) is 0 Å². The van der Waals surface area contributed by atoms with Crippen LogP contribution in [0.3, 0.4) is 0 Å². The Labute approximate surface area is 118 Å². The van der Waals surface area contributed by atoms with Gasteiger partial charge in [-0.1, -0.05) is 6.07 Å². The third kappa shape index (κ3) is 3.17. The molecule has 0 heterocycles. The molecule has 0 spiro atoms. The number of phenolic OH excluding ortho intramolecular Hbond substituents is 1. The van der Waals surface area contributed by atoms with E-state index >= 15 is 0 Å². The van der Waals surface area contributed by atoms with Gasteiger partial charge in [0.05, 0.1) is 5.69 Å². The highest BCUT2D eigenvalue weighted by atomic mass is 16.4. The second-order valence-corrected chi connectivity index (χ2v) is 4.58. The summed E-state index contributed by atoms with van der Waals surface area (Å²) in [5.41, 5.74) is 1.61. The molecule has 2 N–H and O–H groups in total. The van der Waals surface area contributed by atoms with Gasteiger partial charge < -0.3 is 15.1 Å². The number of benzene rings is 1. The fraction of sp³-hybridized carbons (Fsp3) is 0.333. The van der Waals surface area contributed by atoms with Crippen LogP contribution < -0.4 is 4.90 Å². The summed E-state index contributed by atoms with van der Waals surface area (Å²) in [7, 11) is 0. The Morgan fingerprint density at radius 2 is 1.80 bits per heavy atom. The van der Waals surface area contributed by atoms with Crippen molar-refractivity contribution in [3.63, 3.8) is 0 Å². The molecule has 0 bridgehead atoms. The van der Waals surface area contributed by atoms with Crippen LogP contribution in [0, 0.1) is 6.92 Å². The summed E-state index contributed by atoms with van der Waals surface area (Å²) in [4.78, 5) is 24.8. The maximum Gasteiger partial charge on any atom is 0.331 e. The van der Waals surface area contributed by atoms with Crippen molar-refractivity contribution in [1.29, 1.82) is 0 Å². The maximum absolute atomic E-state index is 12.4. The molecule has 1 amide bonds. The van der Waals surface area contributed by atoms with E-state index < -0.39 is 5.97 Å². The molecule has 108 valence electrons. The standard InChI is InChI=1S/C15H19NO4/c1-5-16(13-8-12(17)7-6-9(13)2)14(18)10(3)11(4)15(19)20/h6-8,17H,5H2,1-4H3,(H,19,20)/b11-10-. The summed E-state index contributed by atoms with van der Waals surface area (Å²) in [6.45, 7) is 6.90. The monoisotopic (exact) mass is 277 g/mol. The number of carboxylic acids is 1. The Bertz CT molecular complexity index is 575. The van der Waals surface area contributed by atoms with Crippen molar-refractivity contribution in [2.24, 2.45) is 0 Å². The molecule has 0 aliphatic rings. The summed E-state index contributed by atoms with van der Waals surface area (Å²) in [5, 5.41) is 18.5. The van der Waals surface area contributed by atoms with E-state index in [1.165, 1.54) is 24.8 Å². The summed E-state index contributed by atoms with van der Waals surface area (Å²) in [6, 6.07) is 4.76. The average molecular weight is 277 g/mol. The highest BCUT2D eigenvalue weighted by Crippen LogP contribution is 2.26. The van der Waals surface area contributed by atoms with E-state index in [-0.39, 0.29) is 22.8 Å². The van der Waals surface area contributed by atoms with Crippen molar-refractivity contribution in [3.05, 3.63) is 34.9 Å². The van der Waals surface area contributed by atoms with Crippen LogP contribution in [0.15, 0.2) is 29.3 Å². The van der Waals surface area contributed by atoms with Gasteiger partial charge in [0.2, 0.25) is 0 Å². The third-order valence-corrected chi connectivity index (χ3v) is 3.25. The van der Waals surface area contributed by atoms with Gasteiger partial charge in [-0.05, 0) is 39.3 Å². The number of hydrogen-bond donors (Lipinski definition) is 2. The number of aromatic hydroxyl groups is 1. The molecule has 0 aliphatic heterocycles. The van der Waals surface area contributed by atoms with E-state index in [9.17, 15) is 14.7 Å². The summed E-state index contributed by atoms with van der Waals surface area (Å²) < 4.78 is 0. The predicted octanol–water partition coefficient (Wildman–Crippen LogP) is 2.47. The van der Waals surface area contributed by atoms with Crippen molar-refractivity contribution in [3.8, 4) is 5.75 Å². The van der Waals surface area contributed by atoms with Gasteiger partial charge in [-0.15, -0.1) is 0 Å². The molecule has 20 heavy (non-hydrogen) atoms. The van der Waals surface area contributed by atoms with Crippen LogP contribution in [0.5, 0.6) is 5.75 Å². The first kappa shape index (κ1) is 15.8. The number of aliphatic carboxylic acids is 1. The molecule has 0 atom stereocenters. The van der Waals surface area contributed by atoms with Gasteiger partial charge in [0.1, 0.15) is 5.75 Å². The third-order valence-electron chi connectivity index (χ3n) is 3.25. The van der Waals surface area contributed by atoms with Crippen LogP contribution in [0.2, 0.25) is 0 Å². The zero-order valence-electron chi connectivity index (χ0n) is 12.1. The van der Waals surface area contributed by atoms with Crippen LogP contribution >= 0.6 is 0 Å². The van der Waals surface area contributed by atoms with E-state index in [2.05, 4.69) is 0 Å². The fourth-order valence-electron chi connectivity index (χ4n) is 1.84. The quantitative estimate of drug-likeness (QED) is 0.829. The number of rotatable bonds is 4. The van der Waals surface area contributed by atoms with Gasteiger partial charge >= 0.3 is 5.97 Å². The molecule has 1 rings (SSSR count). The number of phenols is 1. The lowest BCUT2D eigenvalue weighted by molar-refractivity contribution is -0.133. The van der Waals surface area contributed by atoms with E-state index in [0.717, 1.165) is 5.56 Å². The topological polar surface area (TPSA) is 77.8 Å².